The highest BCUT2D eigenvalue weighted by molar-refractivity contribution is 5.93. The lowest BCUT2D eigenvalue weighted by Gasteiger charge is -2.28. The van der Waals surface area contributed by atoms with Gasteiger partial charge in [0.2, 0.25) is 0 Å². The first-order chi connectivity index (χ1) is 11.2. The topological polar surface area (TPSA) is 71.0 Å². The first kappa shape index (κ1) is 15.3. The van der Waals surface area contributed by atoms with Crippen molar-refractivity contribution in [1.29, 1.82) is 0 Å². The molecule has 0 aliphatic carbocycles. The molecule has 6 heteroatoms. The molecule has 1 unspecified atom stereocenters. The quantitative estimate of drug-likeness (QED) is 0.758. The number of aliphatic hydroxyl groups excluding tert-OH is 1. The molecule has 3 rings (SSSR count). The van der Waals surface area contributed by atoms with Crippen LogP contribution in [0.25, 0.3) is 5.52 Å². The Labute approximate surface area is 133 Å². The fourth-order valence-corrected chi connectivity index (χ4v) is 2.57. The number of amides is 1. The average molecular weight is 313 g/mol. The number of aliphatic hydroxyl groups is 1. The molecular weight excluding hydrogens is 294 g/mol. The molecule has 0 radical (unpaired) electrons. The van der Waals surface area contributed by atoms with Gasteiger partial charge in [-0.25, -0.2) is 4.52 Å². The summed E-state index contributed by atoms with van der Waals surface area (Å²) in [5.41, 5.74) is 1.21. The molecule has 6 nitrogen and oxygen atoms in total. The Hall–Kier alpha value is -2.60. The summed E-state index contributed by atoms with van der Waals surface area (Å²) in [5.74, 6) is 0.458. The predicted octanol–water partition coefficient (Wildman–Crippen LogP) is 2.34. The van der Waals surface area contributed by atoms with E-state index in [9.17, 15) is 9.90 Å². The molecule has 0 fully saturated rings. The van der Waals surface area contributed by atoms with E-state index in [1.54, 1.807) is 34.0 Å². The zero-order valence-corrected chi connectivity index (χ0v) is 12.9. The number of carbonyl (C=O) groups is 1. The molecule has 120 valence electrons. The van der Waals surface area contributed by atoms with E-state index >= 15 is 0 Å². The smallest absolute Gasteiger partial charge is 0.275 e. The van der Waals surface area contributed by atoms with Crippen LogP contribution in [-0.2, 0) is 6.54 Å². The van der Waals surface area contributed by atoms with Crippen LogP contribution in [0.1, 0.15) is 29.6 Å². The monoisotopic (exact) mass is 313 g/mol. The summed E-state index contributed by atoms with van der Waals surface area (Å²) in [6, 6.07) is 10.7. The van der Waals surface area contributed by atoms with Crippen LogP contribution in [0.2, 0.25) is 0 Å². The maximum Gasteiger partial charge on any atom is 0.275 e. The maximum atomic E-state index is 12.9. The molecular formula is C17H19N3O3. The van der Waals surface area contributed by atoms with Crippen molar-refractivity contribution in [3.63, 3.8) is 0 Å². The van der Waals surface area contributed by atoms with Crippen molar-refractivity contribution in [1.82, 2.24) is 14.5 Å². The lowest BCUT2D eigenvalue weighted by atomic mass is 10.1. The number of carbonyl (C=O) groups excluding carboxylic acids is 1. The maximum absolute atomic E-state index is 12.9. The van der Waals surface area contributed by atoms with E-state index in [-0.39, 0.29) is 18.6 Å². The number of fused-ring (bicyclic) bond motifs is 1. The van der Waals surface area contributed by atoms with E-state index in [0.717, 1.165) is 5.52 Å². The van der Waals surface area contributed by atoms with E-state index in [2.05, 4.69) is 5.10 Å². The summed E-state index contributed by atoms with van der Waals surface area (Å²) < 4.78 is 7.01. The summed E-state index contributed by atoms with van der Waals surface area (Å²) in [4.78, 5) is 14.5. The van der Waals surface area contributed by atoms with Crippen molar-refractivity contribution in [3.8, 4) is 0 Å². The Morgan fingerprint density at radius 3 is 2.91 bits per heavy atom. The standard InChI is InChI=1S/C17H19N3O3/c1-2-13(12-21)19(11-15-7-5-9-23-15)17(22)16-10-14-6-3-4-8-20(14)18-16/h3-10,13,21H,2,11-12H2,1H3. The van der Waals surface area contributed by atoms with Crippen LogP contribution in [-0.4, -0.2) is 38.2 Å². The number of pyridine rings is 1. The van der Waals surface area contributed by atoms with Crippen LogP contribution in [0.5, 0.6) is 0 Å². The summed E-state index contributed by atoms with van der Waals surface area (Å²) in [6.07, 6.45) is 4.02. The van der Waals surface area contributed by atoms with Gasteiger partial charge in [0.1, 0.15) is 5.76 Å². The van der Waals surface area contributed by atoms with E-state index < -0.39 is 0 Å². The lowest BCUT2D eigenvalue weighted by Crippen LogP contribution is -2.41. The second-order valence-corrected chi connectivity index (χ2v) is 5.36. The zero-order chi connectivity index (χ0) is 16.2. The first-order valence-corrected chi connectivity index (χ1v) is 7.61. The summed E-state index contributed by atoms with van der Waals surface area (Å²) in [7, 11) is 0. The highest BCUT2D eigenvalue weighted by Crippen LogP contribution is 2.16. The van der Waals surface area contributed by atoms with Crippen molar-refractivity contribution >= 4 is 11.4 Å². The van der Waals surface area contributed by atoms with Gasteiger partial charge in [0, 0.05) is 6.20 Å². The van der Waals surface area contributed by atoms with E-state index in [1.807, 2.05) is 31.2 Å². The third kappa shape index (κ3) is 3.12. The third-order valence-electron chi connectivity index (χ3n) is 3.88. The molecule has 0 aliphatic heterocycles. The van der Waals surface area contributed by atoms with Crippen LogP contribution >= 0.6 is 0 Å². The molecule has 1 amide bonds. The number of furan rings is 1. The van der Waals surface area contributed by atoms with Crippen LogP contribution in [0.4, 0.5) is 0 Å². The van der Waals surface area contributed by atoms with Gasteiger partial charge in [-0.05, 0) is 36.8 Å². The summed E-state index contributed by atoms with van der Waals surface area (Å²) in [6.45, 7) is 2.14. The summed E-state index contributed by atoms with van der Waals surface area (Å²) >= 11 is 0. The molecule has 0 aliphatic rings. The van der Waals surface area contributed by atoms with Gasteiger partial charge in [-0.2, -0.15) is 5.10 Å². The van der Waals surface area contributed by atoms with Gasteiger partial charge in [0.05, 0.1) is 31.0 Å². The van der Waals surface area contributed by atoms with Crippen molar-refractivity contribution in [2.24, 2.45) is 0 Å². The number of hydrogen-bond acceptors (Lipinski definition) is 4. The fraction of sp³-hybridized carbons (Fsp3) is 0.294. The molecule has 0 bridgehead atoms. The van der Waals surface area contributed by atoms with Crippen LogP contribution < -0.4 is 0 Å². The average Bonchev–Trinajstić information content (AvgIpc) is 3.23. The Balaban J connectivity index is 1.92. The molecule has 0 saturated carbocycles. The molecule has 0 aromatic carbocycles. The van der Waals surface area contributed by atoms with Gasteiger partial charge in [0.25, 0.3) is 5.91 Å². The Morgan fingerprint density at radius 2 is 2.26 bits per heavy atom. The molecule has 1 atom stereocenters. The normalized spacial score (nSPS) is 12.4. The van der Waals surface area contributed by atoms with E-state index in [1.165, 1.54) is 0 Å². The molecule has 0 saturated heterocycles. The Bertz CT molecular complexity index is 742. The Kier molecular flexibility index (Phi) is 4.43. The first-order valence-electron chi connectivity index (χ1n) is 7.61. The minimum Gasteiger partial charge on any atom is -0.467 e. The largest absolute Gasteiger partial charge is 0.467 e. The molecule has 23 heavy (non-hydrogen) atoms. The third-order valence-corrected chi connectivity index (χ3v) is 3.88. The van der Waals surface area contributed by atoms with Crippen molar-refractivity contribution in [2.75, 3.05) is 6.61 Å². The van der Waals surface area contributed by atoms with Crippen LogP contribution in [0.15, 0.2) is 53.3 Å². The Morgan fingerprint density at radius 1 is 1.39 bits per heavy atom. The minimum absolute atomic E-state index is 0.101. The fourth-order valence-electron chi connectivity index (χ4n) is 2.57. The molecule has 3 heterocycles. The number of hydrogen-bond donors (Lipinski definition) is 1. The summed E-state index contributed by atoms with van der Waals surface area (Å²) in [5, 5.41) is 13.9. The van der Waals surface area contributed by atoms with Gasteiger partial charge < -0.3 is 14.4 Å². The van der Waals surface area contributed by atoms with E-state index in [0.29, 0.717) is 24.4 Å². The number of nitrogens with zero attached hydrogens (tertiary/aromatic N) is 3. The second kappa shape index (κ2) is 6.66. The molecule has 3 aromatic rings. The second-order valence-electron chi connectivity index (χ2n) is 5.36. The lowest BCUT2D eigenvalue weighted by molar-refractivity contribution is 0.0538. The van der Waals surface area contributed by atoms with Gasteiger partial charge in [0.15, 0.2) is 5.69 Å². The SMILES string of the molecule is CCC(CO)N(Cc1ccco1)C(=O)c1cc2ccccn2n1. The van der Waals surface area contributed by atoms with E-state index in [4.69, 9.17) is 4.42 Å². The zero-order valence-electron chi connectivity index (χ0n) is 12.9. The molecule has 3 aromatic heterocycles. The minimum atomic E-state index is -0.280. The predicted molar refractivity (Wildman–Crippen MR) is 84.9 cm³/mol. The van der Waals surface area contributed by atoms with Gasteiger partial charge >= 0.3 is 0 Å². The van der Waals surface area contributed by atoms with Crippen molar-refractivity contribution in [3.05, 3.63) is 60.3 Å². The van der Waals surface area contributed by atoms with Gasteiger partial charge in [-0.15, -0.1) is 0 Å². The van der Waals surface area contributed by atoms with Gasteiger partial charge in [-0.1, -0.05) is 13.0 Å². The highest BCUT2D eigenvalue weighted by atomic mass is 16.3. The van der Waals surface area contributed by atoms with Crippen molar-refractivity contribution in [2.45, 2.75) is 25.9 Å². The molecule has 1 N–H and O–H groups in total. The van der Waals surface area contributed by atoms with Crippen LogP contribution in [0, 0.1) is 0 Å². The van der Waals surface area contributed by atoms with Crippen LogP contribution in [0.3, 0.4) is 0 Å². The van der Waals surface area contributed by atoms with Crippen molar-refractivity contribution < 1.29 is 14.3 Å². The number of aromatic nitrogens is 2. The number of rotatable bonds is 6. The van der Waals surface area contributed by atoms with Gasteiger partial charge in [-0.3, -0.25) is 4.79 Å². The highest BCUT2D eigenvalue weighted by Gasteiger charge is 2.26. The molecule has 0 spiro atoms.